The number of benzene rings is 2. The van der Waals surface area contributed by atoms with Gasteiger partial charge in [0.15, 0.2) is 0 Å². The smallest absolute Gasteiger partial charge is 0.243 e. The molecule has 2 rings (SSSR count). The Balaban J connectivity index is 2.15. The number of aryl methyl sites for hydroxylation is 1. The monoisotopic (exact) mass is 501 g/mol. The molecule has 35 heavy (non-hydrogen) atoms. The van der Waals surface area contributed by atoms with Crippen molar-refractivity contribution in [1.29, 1.82) is 0 Å². The van der Waals surface area contributed by atoms with Gasteiger partial charge in [0.2, 0.25) is 21.8 Å². The fraction of sp³-hybridized carbons (Fsp3) is 0.481. The quantitative estimate of drug-likeness (QED) is 0.502. The highest BCUT2D eigenvalue weighted by molar-refractivity contribution is 7.89. The molecule has 7 nitrogen and oxygen atoms in total. The fourth-order valence-electron chi connectivity index (χ4n) is 3.75. The summed E-state index contributed by atoms with van der Waals surface area (Å²) in [6.45, 7) is 10.1. The molecule has 0 spiro atoms. The van der Waals surface area contributed by atoms with E-state index in [1.807, 2.05) is 58.9 Å². The van der Waals surface area contributed by atoms with Crippen LogP contribution in [0.1, 0.15) is 58.1 Å². The number of hydrogen-bond acceptors (Lipinski definition) is 4. The van der Waals surface area contributed by atoms with E-state index in [9.17, 15) is 18.0 Å². The van der Waals surface area contributed by atoms with E-state index >= 15 is 0 Å². The molecule has 0 unspecified atom stereocenters. The summed E-state index contributed by atoms with van der Waals surface area (Å²) in [5, 5.41) is 2.99. The minimum absolute atomic E-state index is 0.139. The van der Waals surface area contributed by atoms with Gasteiger partial charge in [0.05, 0.1) is 4.90 Å². The van der Waals surface area contributed by atoms with Gasteiger partial charge in [-0.3, -0.25) is 9.59 Å². The lowest BCUT2D eigenvalue weighted by molar-refractivity contribution is -0.142. The Morgan fingerprint density at radius 1 is 1.00 bits per heavy atom. The van der Waals surface area contributed by atoms with E-state index in [1.165, 1.54) is 11.4 Å². The average molecular weight is 502 g/mol. The topological polar surface area (TPSA) is 86.8 Å². The molecule has 0 saturated heterocycles. The summed E-state index contributed by atoms with van der Waals surface area (Å²) in [4.78, 5) is 28.3. The Morgan fingerprint density at radius 3 is 2.14 bits per heavy atom. The van der Waals surface area contributed by atoms with Gasteiger partial charge >= 0.3 is 0 Å². The van der Waals surface area contributed by atoms with E-state index in [0.717, 1.165) is 11.1 Å². The highest BCUT2D eigenvalue weighted by atomic mass is 32.2. The SMILES string of the molecule is CC[C@@H](C(=O)NC(C)(C)C)N(Cc1ccc(C)cc1)C(=O)CCCN(C)S(=O)(=O)c1ccccc1. The van der Waals surface area contributed by atoms with Crippen LogP contribution >= 0.6 is 0 Å². The summed E-state index contributed by atoms with van der Waals surface area (Å²) in [7, 11) is -2.10. The van der Waals surface area contributed by atoms with E-state index in [0.29, 0.717) is 19.4 Å². The molecule has 0 aliphatic rings. The second kappa shape index (κ2) is 12.3. The number of rotatable bonds is 11. The van der Waals surface area contributed by atoms with Crippen molar-refractivity contribution < 1.29 is 18.0 Å². The maximum atomic E-state index is 13.4. The van der Waals surface area contributed by atoms with Crippen molar-refractivity contribution in [3.05, 3.63) is 65.7 Å². The van der Waals surface area contributed by atoms with E-state index in [1.54, 1.807) is 35.2 Å². The molecular formula is C27H39N3O4S. The summed E-state index contributed by atoms with van der Waals surface area (Å²) < 4.78 is 26.8. The summed E-state index contributed by atoms with van der Waals surface area (Å²) in [6, 6.07) is 15.5. The number of nitrogens with zero attached hydrogens (tertiary/aromatic N) is 2. The molecule has 1 atom stereocenters. The van der Waals surface area contributed by atoms with Gasteiger partial charge < -0.3 is 10.2 Å². The first-order valence-corrected chi connectivity index (χ1v) is 13.5. The van der Waals surface area contributed by atoms with Crippen LogP contribution in [0.4, 0.5) is 0 Å². The highest BCUT2D eigenvalue weighted by Gasteiger charge is 2.30. The predicted molar refractivity (Wildman–Crippen MR) is 139 cm³/mol. The number of hydrogen-bond donors (Lipinski definition) is 1. The Labute approximate surface area is 210 Å². The Morgan fingerprint density at radius 2 is 1.60 bits per heavy atom. The summed E-state index contributed by atoms with van der Waals surface area (Å²) in [6.07, 6.45) is 0.963. The summed E-state index contributed by atoms with van der Waals surface area (Å²) >= 11 is 0. The first-order chi connectivity index (χ1) is 16.3. The van der Waals surface area contributed by atoms with Crippen molar-refractivity contribution in [2.45, 2.75) is 76.9 Å². The van der Waals surface area contributed by atoms with Crippen molar-refractivity contribution in [1.82, 2.24) is 14.5 Å². The van der Waals surface area contributed by atoms with Crippen molar-refractivity contribution in [3.8, 4) is 0 Å². The van der Waals surface area contributed by atoms with E-state index < -0.39 is 21.6 Å². The molecule has 0 aliphatic carbocycles. The molecule has 0 bridgehead atoms. The molecule has 0 radical (unpaired) electrons. The molecule has 0 aliphatic heterocycles. The van der Waals surface area contributed by atoms with Gasteiger partial charge in [-0.1, -0.05) is 55.0 Å². The van der Waals surface area contributed by atoms with Crippen LogP contribution in [-0.4, -0.2) is 54.6 Å². The average Bonchev–Trinajstić information content (AvgIpc) is 2.79. The molecule has 2 aromatic carbocycles. The number of carbonyl (C=O) groups excluding carboxylic acids is 2. The number of nitrogens with one attached hydrogen (secondary N) is 1. The van der Waals surface area contributed by atoms with Gasteiger partial charge in [-0.15, -0.1) is 0 Å². The Kier molecular flexibility index (Phi) is 10.0. The van der Waals surface area contributed by atoms with Gasteiger partial charge in [-0.2, -0.15) is 0 Å². The zero-order chi connectivity index (χ0) is 26.2. The maximum absolute atomic E-state index is 13.4. The lowest BCUT2D eigenvalue weighted by atomic mass is 10.0. The minimum Gasteiger partial charge on any atom is -0.350 e. The van der Waals surface area contributed by atoms with Crippen molar-refractivity contribution in [2.75, 3.05) is 13.6 Å². The fourth-order valence-corrected chi connectivity index (χ4v) is 4.98. The molecule has 0 heterocycles. The molecule has 0 aromatic heterocycles. The van der Waals surface area contributed by atoms with Gasteiger partial charge in [0.25, 0.3) is 0 Å². The van der Waals surface area contributed by atoms with Crippen LogP contribution < -0.4 is 5.32 Å². The van der Waals surface area contributed by atoms with E-state index in [-0.39, 0.29) is 29.7 Å². The molecule has 0 fully saturated rings. The van der Waals surface area contributed by atoms with Crippen LogP contribution in [0.2, 0.25) is 0 Å². The van der Waals surface area contributed by atoms with Gasteiger partial charge in [-0.25, -0.2) is 12.7 Å². The summed E-state index contributed by atoms with van der Waals surface area (Å²) in [5.74, 6) is -0.365. The van der Waals surface area contributed by atoms with Crippen LogP contribution in [0, 0.1) is 6.92 Å². The highest BCUT2D eigenvalue weighted by Crippen LogP contribution is 2.18. The molecule has 8 heteroatoms. The zero-order valence-corrected chi connectivity index (χ0v) is 22.6. The van der Waals surface area contributed by atoms with Crippen LogP contribution in [0.25, 0.3) is 0 Å². The number of sulfonamides is 1. The van der Waals surface area contributed by atoms with Crippen LogP contribution in [0.3, 0.4) is 0 Å². The third-order valence-corrected chi connectivity index (χ3v) is 7.54. The molecule has 192 valence electrons. The normalized spacial score (nSPS) is 12.9. The summed E-state index contributed by atoms with van der Waals surface area (Å²) in [5.41, 5.74) is 1.64. The third-order valence-electron chi connectivity index (χ3n) is 5.67. The van der Waals surface area contributed by atoms with Crippen molar-refractivity contribution in [2.24, 2.45) is 0 Å². The zero-order valence-electron chi connectivity index (χ0n) is 21.7. The van der Waals surface area contributed by atoms with Crippen LogP contribution in [-0.2, 0) is 26.2 Å². The Bertz CT molecular complexity index is 1080. The second-order valence-electron chi connectivity index (χ2n) is 9.91. The molecule has 2 amide bonds. The Hall–Kier alpha value is -2.71. The van der Waals surface area contributed by atoms with Gasteiger partial charge in [0, 0.05) is 32.1 Å². The number of carbonyl (C=O) groups is 2. The largest absolute Gasteiger partial charge is 0.350 e. The third kappa shape index (κ3) is 8.47. The van der Waals surface area contributed by atoms with Crippen LogP contribution in [0.5, 0.6) is 0 Å². The molecule has 0 saturated carbocycles. The van der Waals surface area contributed by atoms with Crippen molar-refractivity contribution >= 4 is 21.8 Å². The van der Waals surface area contributed by atoms with Gasteiger partial charge in [0.1, 0.15) is 6.04 Å². The van der Waals surface area contributed by atoms with Crippen molar-refractivity contribution in [3.63, 3.8) is 0 Å². The molecular weight excluding hydrogens is 462 g/mol. The standard InChI is InChI=1S/C27H39N3O4S/c1-7-24(26(32)28-27(3,4)5)30(20-22-17-15-21(2)16-18-22)25(31)14-11-19-29(6)35(33,34)23-12-9-8-10-13-23/h8-10,12-13,15-18,24H,7,11,14,19-20H2,1-6H3,(H,28,32)/t24-/m0/s1. The van der Waals surface area contributed by atoms with E-state index in [2.05, 4.69) is 5.32 Å². The van der Waals surface area contributed by atoms with Gasteiger partial charge in [-0.05, 0) is 58.2 Å². The first kappa shape index (κ1) is 28.5. The molecule has 2 aromatic rings. The minimum atomic E-state index is -3.62. The maximum Gasteiger partial charge on any atom is 0.243 e. The lowest BCUT2D eigenvalue weighted by Gasteiger charge is -2.33. The van der Waals surface area contributed by atoms with Crippen LogP contribution in [0.15, 0.2) is 59.5 Å². The van der Waals surface area contributed by atoms with E-state index in [4.69, 9.17) is 0 Å². The molecule has 1 N–H and O–H groups in total. The number of amides is 2. The first-order valence-electron chi connectivity index (χ1n) is 12.0. The predicted octanol–water partition coefficient (Wildman–Crippen LogP) is 4.12. The lowest BCUT2D eigenvalue weighted by Crippen LogP contribution is -2.53. The second-order valence-corrected chi connectivity index (χ2v) is 12.0.